The van der Waals surface area contributed by atoms with Crippen LogP contribution in [0.3, 0.4) is 0 Å². The highest BCUT2D eigenvalue weighted by molar-refractivity contribution is 5.96. The summed E-state index contributed by atoms with van der Waals surface area (Å²) < 4.78 is 8.39. The molecule has 0 radical (unpaired) electrons. The largest absolute Gasteiger partial charge is 0.467 e. The summed E-state index contributed by atoms with van der Waals surface area (Å²) in [6, 6.07) is 8.52. The summed E-state index contributed by atoms with van der Waals surface area (Å²) in [4.78, 5) is 30.8. The van der Waals surface area contributed by atoms with Crippen LogP contribution in [-0.4, -0.2) is 19.9 Å². The molecule has 0 saturated heterocycles. The summed E-state index contributed by atoms with van der Waals surface area (Å²) in [7, 11) is 0. The number of nitrogens with zero attached hydrogens (tertiary/aromatic N) is 3. The van der Waals surface area contributed by atoms with Crippen LogP contribution in [-0.2, 0) is 6.54 Å². The van der Waals surface area contributed by atoms with Crippen molar-refractivity contribution in [2.24, 2.45) is 0 Å². The van der Waals surface area contributed by atoms with E-state index in [4.69, 9.17) is 9.83 Å². The summed E-state index contributed by atoms with van der Waals surface area (Å²) in [6.07, 6.45) is 3.98. The number of hydrogen-bond acceptors (Lipinski definition) is 5. The molecule has 0 bridgehead atoms. The van der Waals surface area contributed by atoms with Crippen molar-refractivity contribution in [3.05, 3.63) is 75.5 Å². The number of rotatable bonds is 5. The maximum Gasteiger partial charge on any atom is 0.267 e. The molecule has 8 heteroatoms. The lowest BCUT2D eigenvalue weighted by Crippen LogP contribution is -2.35. The minimum absolute atomic E-state index is 0.0251. The summed E-state index contributed by atoms with van der Waals surface area (Å²) >= 11 is 0. The first-order chi connectivity index (χ1) is 14.4. The van der Waals surface area contributed by atoms with Crippen LogP contribution in [0.1, 0.15) is 48.0 Å². The molecule has 30 heavy (non-hydrogen) atoms. The minimum atomic E-state index is -0.441. The van der Waals surface area contributed by atoms with E-state index in [-0.39, 0.29) is 29.2 Å². The fraction of sp³-hybridized carbons (Fsp3) is 0.273. The molecule has 4 aromatic heterocycles. The first kappa shape index (κ1) is 19.6. The van der Waals surface area contributed by atoms with Crippen molar-refractivity contribution in [2.75, 3.05) is 0 Å². The zero-order valence-corrected chi connectivity index (χ0v) is 17.1. The van der Waals surface area contributed by atoms with Crippen LogP contribution in [0.5, 0.6) is 0 Å². The van der Waals surface area contributed by atoms with Crippen molar-refractivity contribution < 1.29 is 9.21 Å². The number of aryl methyl sites for hydroxylation is 1. The molecule has 0 aromatic carbocycles. The number of furan rings is 1. The Bertz CT molecular complexity index is 1370. The molecule has 154 valence electrons. The summed E-state index contributed by atoms with van der Waals surface area (Å²) in [5, 5.41) is 11.8. The number of fused-ring (bicyclic) bond motifs is 2. The molecule has 0 unspecified atom stereocenters. The zero-order chi connectivity index (χ0) is 21.4. The van der Waals surface area contributed by atoms with Gasteiger partial charge in [-0.1, -0.05) is 13.0 Å². The first-order valence-electron chi connectivity index (χ1n) is 9.84. The smallest absolute Gasteiger partial charge is 0.267 e. The number of nitrogens with one attached hydrogen (secondary N) is 2. The lowest BCUT2D eigenvalue weighted by molar-refractivity contribution is 0.0945. The van der Waals surface area contributed by atoms with Gasteiger partial charge in [-0.3, -0.25) is 19.4 Å². The van der Waals surface area contributed by atoms with Crippen LogP contribution in [0, 0.1) is 12.3 Å². The average molecular weight is 405 g/mol. The molecule has 0 fully saturated rings. The van der Waals surface area contributed by atoms with Gasteiger partial charge in [0.2, 0.25) is 0 Å². The van der Waals surface area contributed by atoms with Gasteiger partial charge in [-0.2, -0.15) is 0 Å². The number of carbonyl (C=O) groups is 1. The third kappa shape index (κ3) is 3.30. The Labute approximate surface area is 172 Å². The van der Waals surface area contributed by atoms with Crippen molar-refractivity contribution in [1.29, 1.82) is 5.41 Å². The Morgan fingerprint density at radius 2 is 2.13 bits per heavy atom. The summed E-state index contributed by atoms with van der Waals surface area (Å²) in [5.41, 5.74) is 1.72. The second-order valence-corrected chi connectivity index (χ2v) is 7.38. The van der Waals surface area contributed by atoms with Crippen LogP contribution in [0.25, 0.3) is 16.7 Å². The van der Waals surface area contributed by atoms with E-state index in [1.807, 2.05) is 26.8 Å². The van der Waals surface area contributed by atoms with E-state index in [0.29, 0.717) is 22.4 Å². The fourth-order valence-corrected chi connectivity index (χ4v) is 3.47. The molecule has 2 N–H and O–H groups in total. The van der Waals surface area contributed by atoms with E-state index < -0.39 is 5.91 Å². The summed E-state index contributed by atoms with van der Waals surface area (Å²) in [6.45, 7) is 6.03. The van der Waals surface area contributed by atoms with E-state index >= 15 is 0 Å². The standard InChI is InChI=1S/C22H23N5O3/c1-4-14(3)27-19(23)16(21(28)24-11-15-6-5-9-30-15)10-17-20(27)25-18-8-7-13(2)12-26(18)22(17)29/h5-10,12,14,23H,4,11H2,1-3H3,(H,24,28)/t14-/m0/s1. The zero-order valence-electron chi connectivity index (χ0n) is 17.1. The Kier molecular flexibility index (Phi) is 4.99. The fourth-order valence-electron chi connectivity index (χ4n) is 3.47. The van der Waals surface area contributed by atoms with Gasteiger partial charge in [-0.15, -0.1) is 0 Å². The molecule has 4 aromatic rings. The quantitative estimate of drug-likeness (QED) is 0.498. The van der Waals surface area contributed by atoms with Crippen LogP contribution < -0.4 is 16.4 Å². The monoisotopic (exact) mass is 405 g/mol. The molecule has 1 atom stereocenters. The number of pyridine rings is 2. The first-order valence-corrected chi connectivity index (χ1v) is 9.84. The van der Waals surface area contributed by atoms with Crippen molar-refractivity contribution in [1.82, 2.24) is 19.3 Å². The Morgan fingerprint density at radius 1 is 1.33 bits per heavy atom. The minimum Gasteiger partial charge on any atom is -0.467 e. The third-order valence-electron chi connectivity index (χ3n) is 5.28. The van der Waals surface area contributed by atoms with Crippen molar-refractivity contribution in [3.8, 4) is 0 Å². The lowest BCUT2D eigenvalue weighted by atomic mass is 10.1. The van der Waals surface area contributed by atoms with Crippen molar-refractivity contribution in [3.63, 3.8) is 0 Å². The second-order valence-electron chi connectivity index (χ2n) is 7.38. The van der Waals surface area contributed by atoms with Gasteiger partial charge >= 0.3 is 0 Å². The molecule has 4 heterocycles. The predicted octanol–water partition coefficient (Wildman–Crippen LogP) is 2.93. The van der Waals surface area contributed by atoms with Crippen LogP contribution in [0.2, 0.25) is 0 Å². The maximum absolute atomic E-state index is 13.2. The Balaban J connectivity index is 1.94. The van der Waals surface area contributed by atoms with Gasteiger partial charge in [0.1, 0.15) is 22.5 Å². The van der Waals surface area contributed by atoms with E-state index in [0.717, 1.165) is 12.0 Å². The van der Waals surface area contributed by atoms with E-state index in [9.17, 15) is 9.59 Å². The molecule has 0 aliphatic rings. The molecular formula is C22H23N5O3. The summed E-state index contributed by atoms with van der Waals surface area (Å²) in [5.74, 6) is 0.165. The van der Waals surface area contributed by atoms with Gasteiger partial charge in [-0.25, -0.2) is 4.98 Å². The Hall–Kier alpha value is -3.68. The highest BCUT2D eigenvalue weighted by Crippen LogP contribution is 2.17. The van der Waals surface area contributed by atoms with Crippen LogP contribution in [0.15, 0.2) is 52.0 Å². The van der Waals surface area contributed by atoms with Gasteiger partial charge in [-0.05, 0) is 50.1 Å². The molecule has 0 aliphatic carbocycles. The highest BCUT2D eigenvalue weighted by atomic mass is 16.3. The molecule has 8 nitrogen and oxygen atoms in total. The number of aromatic nitrogens is 3. The highest BCUT2D eigenvalue weighted by Gasteiger charge is 2.19. The molecular weight excluding hydrogens is 382 g/mol. The molecule has 0 spiro atoms. The van der Waals surface area contributed by atoms with Gasteiger partial charge in [0.25, 0.3) is 11.5 Å². The van der Waals surface area contributed by atoms with Gasteiger partial charge < -0.3 is 14.3 Å². The van der Waals surface area contributed by atoms with E-state index in [2.05, 4.69) is 10.3 Å². The van der Waals surface area contributed by atoms with Crippen molar-refractivity contribution in [2.45, 2.75) is 39.8 Å². The molecule has 4 rings (SSSR count). The SMILES string of the molecule is CC[C@H](C)n1c(=N)c(C(=O)NCc2ccco2)cc2c(=O)n3cc(C)ccc3nc21. The number of hydrogen-bond donors (Lipinski definition) is 2. The van der Waals surface area contributed by atoms with Crippen LogP contribution >= 0.6 is 0 Å². The molecule has 0 aliphatic heterocycles. The van der Waals surface area contributed by atoms with Gasteiger partial charge in [0, 0.05) is 12.2 Å². The second kappa shape index (κ2) is 7.62. The molecule has 0 saturated carbocycles. The van der Waals surface area contributed by atoms with E-state index in [1.54, 1.807) is 29.0 Å². The van der Waals surface area contributed by atoms with E-state index in [1.165, 1.54) is 16.7 Å². The van der Waals surface area contributed by atoms with Crippen LogP contribution in [0.4, 0.5) is 0 Å². The lowest BCUT2D eigenvalue weighted by Gasteiger charge is -2.19. The number of amides is 1. The normalized spacial score (nSPS) is 12.4. The van der Waals surface area contributed by atoms with Gasteiger partial charge in [0.15, 0.2) is 0 Å². The molecule has 1 amide bonds. The average Bonchev–Trinajstić information content (AvgIpc) is 3.25. The third-order valence-corrected chi connectivity index (χ3v) is 5.28. The number of carbonyl (C=O) groups excluding carboxylic acids is 1. The Morgan fingerprint density at radius 3 is 2.83 bits per heavy atom. The van der Waals surface area contributed by atoms with Gasteiger partial charge in [0.05, 0.1) is 23.8 Å². The predicted molar refractivity (Wildman–Crippen MR) is 112 cm³/mol. The topological polar surface area (TPSA) is 105 Å². The maximum atomic E-state index is 13.2. The van der Waals surface area contributed by atoms with Crippen molar-refractivity contribution >= 4 is 22.6 Å².